The number of aryl methyl sites for hydroxylation is 1. The normalized spacial score (nSPS) is 9.50. The predicted octanol–water partition coefficient (Wildman–Crippen LogP) is 2.45. The molecule has 2 aromatic heterocycles. The number of nitriles is 1. The van der Waals surface area contributed by atoms with Crippen molar-refractivity contribution in [3.63, 3.8) is 0 Å². The van der Waals surface area contributed by atoms with Crippen molar-refractivity contribution in [2.75, 3.05) is 0 Å². The number of ether oxygens (including phenoxy) is 1. The number of pyridine rings is 2. The van der Waals surface area contributed by atoms with Crippen LogP contribution in [-0.4, -0.2) is 9.97 Å². The Morgan fingerprint density at radius 3 is 2.88 bits per heavy atom. The molecule has 16 heavy (non-hydrogen) atoms. The Morgan fingerprint density at radius 1 is 1.31 bits per heavy atom. The third kappa shape index (κ3) is 2.15. The highest BCUT2D eigenvalue weighted by molar-refractivity contribution is 5.40. The molecule has 2 aromatic rings. The van der Waals surface area contributed by atoms with Crippen molar-refractivity contribution < 1.29 is 4.74 Å². The van der Waals surface area contributed by atoms with Crippen LogP contribution in [-0.2, 0) is 0 Å². The van der Waals surface area contributed by atoms with Crippen molar-refractivity contribution in [3.05, 3.63) is 47.9 Å². The Labute approximate surface area is 93.2 Å². The topological polar surface area (TPSA) is 58.8 Å². The van der Waals surface area contributed by atoms with Crippen molar-refractivity contribution in [1.29, 1.82) is 5.26 Å². The summed E-state index contributed by atoms with van der Waals surface area (Å²) in [6, 6.07) is 9.02. The lowest BCUT2D eigenvalue weighted by atomic mass is 10.2. The third-order valence-electron chi connectivity index (χ3n) is 1.97. The second-order valence-electron chi connectivity index (χ2n) is 3.21. The highest BCUT2D eigenvalue weighted by Gasteiger charge is 2.06. The molecule has 0 aliphatic heterocycles. The molecule has 0 spiro atoms. The average Bonchev–Trinajstić information content (AvgIpc) is 2.31. The van der Waals surface area contributed by atoms with E-state index >= 15 is 0 Å². The van der Waals surface area contributed by atoms with Crippen LogP contribution in [0.25, 0.3) is 0 Å². The highest BCUT2D eigenvalue weighted by Crippen LogP contribution is 2.21. The predicted molar refractivity (Wildman–Crippen MR) is 58.0 cm³/mol. The van der Waals surface area contributed by atoms with E-state index in [1.807, 2.05) is 13.0 Å². The quantitative estimate of drug-likeness (QED) is 0.765. The largest absolute Gasteiger partial charge is 0.436 e. The molecular weight excluding hydrogens is 202 g/mol. The maximum atomic E-state index is 8.90. The first-order chi connectivity index (χ1) is 7.79. The van der Waals surface area contributed by atoms with Crippen LogP contribution >= 0.6 is 0 Å². The van der Waals surface area contributed by atoms with Gasteiger partial charge in [-0.3, -0.25) is 4.98 Å². The summed E-state index contributed by atoms with van der Waals surface area (Å²) in [6.45, 7) is 1.84. The Bertz CT molecular complexity index is 532. The van der Waals surface area contributed by atoms with Gasteiger partial charge in [-0.15, -0.1) is 0 Å². The number of hydrogen-bond acceptors (Lipinski definition) is 4. The molecule has 0 amide bonds. The van der Waals surface area contributed by atoms with Gasteiger partial charge in [0.15, 0.2) is 0 Å². The van der Waals surface area contributed by atoms with Gasteiger partial charge in [-0.1, -0.05) is 0 Å². The number of nitrogens with zero attached hydrogens (tertiary/aromatic N) is 3. The second-order valence-corrected chi connectivity index (χ2v) is 3.21. The van der Waals surface area contributed by atoms with Gasteiger partial charge >= 0.3 is 0 Å². The van der Waals surface area contributed by atoms with E-state index in [1.165, 1.54) is 0 Å². The van der Waals surface area contributed by atoms with Crippen LogP contribution in [0.5, 0.6) is 11.6 Å². The molecule has 0 bridgehead atoms. The molecule has 0 aliphatic carbocycles. The zero-order valence-electron chi connectivity index (χ0n) is 8.71. The maximum absolute atomic E-state index is 8.90. The van der Waals surface area contributed by atoms with Crippen molar-refractivity contribution in [1.82, 2.24) is 9.97 Å². The van der Waals surface area contributed by atoms with Crippen LogP contribution in [0.15, 0.2) is 36.7 Å². The van der Waals surface area contributed by atoms with E-state index in [2.05, 4.69) is 9.97 Å². The highest BCUT2D eigenvalue weighted by atomic mass is 16.5. The standard InChI is InChI=1S/C12H9N3O/c1-9-4-5-10(7-13)12(15-9)16-11-3-2-6-14-8-11/h2-6,8H,1H3. The summed E-state index contributed by atoms with van der Waals surface area (Å²) in [5.74, 6) is 0.882. The van der Waals surface area contributed by atoms with Gasteiger partial charge in [-0.25, -0.2) is 4.98 Å². The van der Waals surface area contributed by atoms with Crippen molar-refractivity contribution in [2.45, 2.75) is 6.92 Å². The molecule has 2 rings (SSSR count). The molecule has 0 saturated carbocycles. The fourth-order valence-corrected chi connectivity index (χ4v) is 1.21. The molecule has 0 atom stereocenters. The van der Waals surface area contributed by atoms with Crippen molar-refractivity contribution in [3.8, 4) is 17.7 Å². The monoisotopic (exact) mass is 211 g/mol. The average molecular weight is 211 g/mol. The van der Waals surface area contributed by atoms with E-state index in [9.17, 15) is 0 Å². The molecule has 0 saturated heterocycles. The summed E-state index contributed by atoms with van der Waals surface area (Å²) in [5, 5.41) is 8.90. The Hall–Kier alpha value is -2.41. The van der Waals surface area contributed by atoms with E-state index in [0.29, 0.717) is 17.2 Å². The van der Waals surface area contributed by atoms with Crippen LogP contribution in [0.1, 0.15) is 11.3 Å². The molecule has 0 N–H and O–H groups in total. The van der Waals surface area contributed by atoms with Crippen LogP contribution in [0.4, 0.5) is 0 Å². The number of aromatic nitrogens is 2. The molecular formula is C12H9N3O. The summed E-state index contributed by atoms with van der Waals surface area (Å²) >= 11 is 0. The minimum absolute atomic E-state index is 0.315. The molecule has 0 unspecified atom stereocenters. The fourth-order valence-electron chi connectivity index (χ4n) is 1.21. The van der Waals surface area contributed by atoms with Gasteiger partial charge in [-0.05, 0) is 31.2 Å². The zero-order valence-corrected chi connectivity index (χ0v) is 8.71. The molecule has 0 radical (unpaired) electrons. The summed E-state index contributed by atoms with van der Waals surface area (Å²) in [4.78, 5) is 8.09. The first-order valence-electron chi connectivity index (χ1n) is 4.75. The van der Waals surface area contributed by atoms with Crippen LogP contribution in [0.3, 0.4) is 0 Å². The first kappa shape index (κ1) is 10.1. The first-order valence-corrected chi connectivity index (χ1v) is 4.75. The number of rotatable bonds is 2. The lowest BCUT2D eigenvalue weighted by Gasteiger charge is -2.05. The van der Waals surface area contributed by atoms with Crippen LogP contribution in [0.2, 0.25) is 0 Å². The van der Waals surface area contributed by atoms with Gasteiger partial charge in [-0.2, -0.15) is 5.26 Å². The summed E-state index contributed by atoms with van der Waals surface area (Å²) in [7, 11) is 0. The van der Waals surface area contributed by atoms with E-state index in [0.717, 1.165) is 5.69 Å². The van der Waals surface area contributed by atoms with Crippen molar-refractivity contribution >= 4 is 0 Å². The van der Waals surface area contributed by atoms with Gasteiger partial charge in [0.05, 0.1) is 6.20 Å². The van der Waals surface area contributed by atoms with Gasteiger partial charge < -0.3 is 4.74 Å². The summed E-state index contributed by atoms with van der Waals surface area (Å²) in [6.07, 6.45) is 3.23. The smallest absolute Gasteiger partial charge is 0.237 e. The minimum Gasteiger partial charge on any atom is -0.436 e. The second kappa shape index (κ2) is 4.41. The minimum atomic E-state index is 0.315. The fraction of sp³-hybridized carbons (Fsp3) is 0.0833. The summed E-state index contributed by atoms with van der Waals surface area (Å²) < 4.78 is 5.49. The molecule has 0 aliphatic rings. The molecule has 0 aromatic carbocycles. The molecule has 0 fully saturated rings. The lowest BCUT2D eigenvalue weighted by molar-refractivity contribution is 0.458. The maximum Gasteiger partial charge on any atom is 0.237 e. The van der Waals surface area contributed by atoms with Gasteiger partial charge in [0.2, 0.25) is 5.88 Å². The molecule has 4 heteroatoms. The van der Waals surface area contributed by atoms with Crippen LogP contribution in [0, 0.1) is 18.3 Å². The van der Waals surface area contributed by atoms with E-state index < -0.39 is 0 Å². The number of hydrogen-bond donors (Lipinski definition) is 0. The third-order valence-corrected chi connectivity index (χ3v) is 1.97. The van der Waals surface area contributed by atoms with Gasteiger partial charge in [0.25, 0.3) is 0 Å². The molecule has 78 valence electrons. The summed E-state index contributed by atoms with van der Waals surface area (Å²) in [5.41, 5.74) is 1.22. The zero-order chi connectivity index (χ0) is 11.4. The SMILES string of the molecule is Cc1ccc(C#N)c(Oc2cccnc2)n1. The van der Waals surface area contributed by atoms with Gasteiger partial charge in [0.1, 0.15) is 17.4 Å². The molecule has 4 nitrogen and oxygen atoms in total. The van der Waals surface area contributed by atoms with E-state index in [4.69, 9.17) is 10.00 Å². The van der Waals surface area contributed by atoms with Gasteiger partial charge in [0, 0.05) is 11.9 Å². The van der Waals surface area contributed by atoms with E-state index in [-0.39, 0.29) is 0 Å². The van der Waals surface area contributed by atoms with E-state index in [1.54, 1.807) is 36.7 Å². The molecule has 2 heterocycles. The lowest BCUT2D eigenvalue weighted by Crippen LogP contribution is -1.93. The van der Waals surface area contributed by atoms with Crippen LogP contribution < -0.4 is 4.74 Å². The Morgan fingerprint density at radius 2 is 2.19 bits per heavy atom. The van der Waals surface area contributed by atoms with Crippen molar-refractivity contribution in [2.24, 2.45) is 0 Å². The Balaban J connectivity index is 2.35. The Kier molecular flexibility index (Phi) is 2.79.